The van der Waals surface area contributed by atoms with E-state index in [1.807, 2.05) is 20.8 Å². The minimum Gasteiger partial charge on any atom is -0.140 e. The molecule has 2 heteroatoms. The number of hydrogen-bond acceptors (Lipinski definition) is 1. The van der Waals surface area contributed by atoms with Crippen LogP contribution in [0.2, 0.25) is 0 Å². The van der Waals surface area contributed by atoms with E-state index in [2.05, 4.69) is 6.58 Å². The Bertz CT molecular complexity index is 176. The molecule has 0 aromatic heterocycles. The summed E-state index contributed by atoms with van der Waals surface area (Å²) < 4.78 is 0. The molecule has 1 rings (SSSR count). The minimum absolute atomic E-state index is 0.205. The van der Waals surface area contributed by atoms with Gasteiger partial charge in [0, 0.05) is 5.54 Å². The zero-order chi connectivity index (χ0) is 8.70. The molecule has 0 bridgehead atoms. The predicted octanol–water partition coefficient (Wildman–Crippen LogP) is 2.15. The summed E-state index contributed by atoms with van der Waals surface area (Å²) in [6.45, 7) is 9.60. The van der Waals surface area contributed by atoms with Gasteiger partial charge in [-0.25, -0.2) is 0 Å². The van der Waals surface area contributed by atoms with Gasteiger partial charge >= 0.3 is 0 Å². The lowest BCUT2D eigenvalue weighted by Crippen LogP contribution is -2.45. The minimum atomic E-state index is -0.330. The Labute approximate surface area is 68.5 Å². The highest BCUT2D eigenvalue weighted by atomic mass is 16.5. The van der Waals surface area contributed by atoms with Crippen LogP contribution in [0.1, 0.15) is 33.6 Å². The third kappa shape index (κ3) is 1.21. The highest BCUT2D eigenvalue weighted by Gasteiger charge is 2.46. The summed E-state index contributed by atoms with van der Waals surface area (Å²) in [5, 5.41) is 12.8. The molecule has 63 valence electrons. The predicted molar refractivity (Wildman–Crippen MR) is 44.4 cm³/mol. The topological polar surface area (TPSA) is 23.1 Å². The van der Waals surface area contributed by atoms with Gasteiger partial charge < -0.3 is 0 Å². The summed E-state index contributed by atoms with van der Waals surface area (Å²) in [5.74, 6) is 0. The van der Waals surface area contributed by atoms with Crippen molar-refractivity contribution in [1.29, 1.82) is 0 Å². The highest BCUT2D eigenvalue weighted by molar-refractivity contribution is 5.07. The first-order valence-corrected chi connectivity index (χ1v) is 4.03. The summed E-state index contributed by atoms with van der Waals surface area (Å²) in [7, 11) is 0. The normalized spacial score (nSPS) is 37.5. The van der Waals surface area contributed by atoms with Crippen molar-refractivity contribution in [2.75, 3.05) is 0 Å². The van der Waals surface area contributed by atoms with Crippen LogP contribution in [0.3, 0.4) is 0 Å². The quantitative estimate of drug-likeness (QED) is 0.531. The molecule has 1 heterocycles. The fraction of sp³-hybridized carbons (Fsp3) is 0.778. The lowest BCUT2D eigenvalue weighted by molar-refractivity contribution is -0.236. The van der Waals surface area contributed by atoms with Crippen molar-refractivity contribution in [3.05, 3.63) is 12.7 Å². The molecule has 1 atom stereocenters. The second-order valence-corrected chi connectivity index (χ2v) is 4.17. The average Bonchev–Trinajstić information content (AvgIpc) is 2.16. The SMILES string of the molecule is C=CC1(C)CCC(C)(C)N1[O]. The molecule has 2 nitrogen and oxygen atoms in total. The van der Waals surface area contributed by atoms with Crippen LogP contribution in [0, 0.1) is 0 Å². The van der Waals surface area contributed by atoms with Gasteiger partial charge in [0.15, 0.2) is 0 Å². The smallest absolute Gasteiger partial charge is 0.0649 e. The Morgan fingerprint density at radius 1 is 1.36 bits per heavy atom. The average molecular weight is 154 g/mol. The lowest BCUT2D eigenvalue weighted by Gasteiger charge is -2.32. The molecular formula is C9H16NO. The van der Waals surface area contributed by atoms with Crippen LogP contribution in [0.25, 0.3) is 0 Å². The summed E-state index contributed by atoms with van der Waals surface area (Å²) in [6.07, 6.45) is 3.64. The summed E-state index contributed by atoms with van der Waals surface area (Å²) >= 11 is 0. The van der Waals surface area contributed by atoms with E-state index < -0.39 is 0 Å². The Balaban J connectivity index is 2.86. The van der Waals surface area contributed by atoms with Gasteiger partial charge in [-0.3, -0.25) is 0 Å². The van der Waals surface area contributed by atoms with E-state index in [9.17, 15) is 5.21 Å². The van der Waals surface area contributed by atoms with Crippen LogP contribution < -0.4 is 0 Å². The molecule has 0 spiro atoms. The van der Waals surface area contributed by atoms with Crippen molar-refractivity contribution in [3.8, 4) is 0 Å². The molecule has 0 saturated carbocycles. The van der Waals surface area contributed by atoms with Crippen LogP contribution in [0.5, 0.6) is 0 Å². The Morgan fingerprint density at radius 3 is 2.09 bits per heavy atom. The maximum Gasteiger partial charge on any atom is 0.0649 e. The van der Waals surface area contributed by atoms with Gasteiger partial charge in [-0.15, -0.1) is 16.8 Å². The molecule has 0 N–H and O–H groups in total. The van der Waals surface area contributed by atoms with Crippen molar-refractivity contribution >= 4 is 0 Å². The van der Waals surface area contributed by atoms with Gasteiger partial charge in [-0.2, -0.15) is 0 Å². The first-order chi connectivity index (χ1) is 4.92. The first-order valence-electron chi connectivity index (χ1n) is 4.03. The maximum absolute atomic E-state index is 11.6. The van der Waals surface area contributed by atoms with Gasteiger partial charge in [-0.1, -0.05) is 6.08 Å². The molecule has 1 aliphatic heterocycles. The van der Waals surface area contributed by atoms with Crippen molar-refractivity contribution in [2.24, 2.45) is 0 Å². The van der Waals surface area contributed by atoms with Gasteiger partial charge in [0.2, 0.25) is 0 Å². The highest BCUT2D eigenvalue weighted by Crippen LogP contribution is 2.39. The van der Waals surface area contributed by atoms with Crippen LogP contribution in [-0.2, 0) is 5.21 Å². The first kappa shape index (κ1) is 8.75. The molecule has 0 aliphatic carbocycles. The molecule has 1 saturated heterocycles. The third-order valence-electron chi connectivity index (χ3n) is 2.70. The number of hydrogen-bond donors (Lipinski definition) is 0. The number of rotatable bonds is 1. The van der Waals surface area contributed by atoms with Crippen molar-refractivity contribution in [3.63, 3.8) is 0 Å². The van der Waals surface area contributed by atoms with E-state index in [0.29, 0.717) is 0 Å². The summed E-state index contributed by atoms with van der Waals surface area (Å²) in [5.41, 5.74) is -0.535. The van der Waals surface area contributed by atoms with E-state index in [1.165, 1.54) is 5.06 Å². The standard InChI is InChI=1S/C9H16NO/c1-5-9(4)7-6-8(2,3)10(9)11/h5H,1,6-7H2,2-4H3. The van der Waals surface area contributed by atoms with E-state index in [-0.39, 0.29) is 11.1 Å². The molecule has 1 aliphatic rings. The fourth-order valence-corrected chi connectivity index (χ4v) is 1.64. The van der Waals surface area contributed by atoms with E-state index >= 15 is 0 Å². The van der Waals surface area contributed by atoms with Crippen LogP contribution >= 0.6 is 0 Å². The molecule has 0 aromatic rings. The zero-order valence-electron chi connectivity index (χ0n) is 7.55. The monoisotopic (exact) mass is 154 g/mol. The molecule has 1 unspecified atom stereocenters. The van der Waals surface area contributed by atoms with Gasteiger partial charge in [0.25, 0.3) is 0 Å². The maximum atomic E-state index is 11.6. The van der Waals surface area contributed by atoms with Gasteiger partial charge in [0.05, 0.1) is 5.54 Å². The molecule has 11 heavy (non-hydrogen) atoms. The van der Waals surface area contributed by atoms with Crippen molar-refractivity contribution in [1.82, 2.24) is 5.06 Å². The second kappa shape index (κ2) is 2.32. The molecule has 0 aromatic carbocycles. The van der Waals surface area contributed by atoms with Gasteiger partial charge in [0.1, 0.15) is 0 Å². The molecule has 1 fully saturated rings. The van der Waals surface area contributed by atoms with E-state index in [1.54, 1.807) is 6.08 Å². The van der Waals surface area contributed by atoms with Crippen LogP contribution in [-0.4, -0.2) is 16.1 Å². The Hall–Kier alpha value is -0.340. The number of hydroxylamine groups is 2. The summed E-state index contributed by atoms with van der Waals surface area (Å²) in [6, 6.07) is 0. The largest absolute Gasteiger partial charge is 0.140 e. The lowest BCUT2D eigenvalue weighted by atomic mass is 9.99. The zero-order valence-corrected chi connectivity index (χ0v) is 7.55. The van der Waals surface area contributed by atoms with Crippen molar-refractivity contribution < 1.29 is 5.21 Å². The van der Waals surface area contributed by atoms with E-state index in [0.717, 1.165) is 12.8 Å². The number of nitrogens with zero attached hydrogens (tertiary/aromatic N) is 1. The second-order valence-electron chi connectivity index (χ2n) is 4.17. The van der Waals surface area contributed by atoms with Crippen molar-refractivity contribution in [2.45, 2.75) is 44.7 Å². The van der Waals surface area contributed by atoms with E-state index in [4.69, 9.17) is 0 Å². The van der Waals surface area contributed by atoms with Gasteiger partial charge in [-0.05, 0) is 33.6 Å². The summed E-state index contributed by atoms with van der Waals surface area (Å²) in [4.78, 5) is 0. The fourth-order valence-electron chi connectivity index (χ4n) is 1.64. The third-order valence-corrected chi connectivity index (χ3v) is 2.70. The van der Waals surface area contributed by atoms with Crippen LogP contribution in [0.4, 0.5) is 0 Å². The molecular weight excluding hydrogens is 138 g/mol. The molecule has 0 amide bonds. The Kier molecular flexibility index (Phi) is 1.85. The van der Waals surface area contributed by atoms with Crippen LogP contribution in [0.15, 0.2) is 12.7 Å². The Morgan fingerprint density at radius 2 is 1.91 bits per heavy atom. The molecule has 1 radical (unpaired) electrons.